The average molecular weight is 221 g/mol. The molecule has 0 saturated heterocycles. The Morgan fingerprint density at radius 1 is 1.38 bits per heavy atom. The third kappa shape index (κ3) is 2.21. The van der Waals surface area contributed by atoms with Crippen LogP contribution in [-0.2, 0) is 0 Å². The van der Waals surface area contributed by atoms with Gasteiger partial charge in [-0.3, -0.25) is 0 Å². The molecule has 1 N–H and O–H groups in total. The molecule has 16 heavy (non-hydrogen) atoms. The number of nitrogens with one attached hydrogen (secondary N) is 1. The molecule has 0 aliphatic heterocycles. The zero-order valence-electron chi connectivity index (χ0n) is 10.1. The van der Waals surface area contributed by atoms with Crippen LogP contribution in [0, 0.1) is 18.7 Å². The predicted octanol–water partition coefficient (Wildman–Crippen LogP) is 4.12. The van der Waals surface area contributed by atoms with Crippen molar-refractivity contribution in [3.63, 3.8) is 0 Å². The molecule has 88 valence electrons. The maximum absolute atomic E-state index is 13.4. The summed E-state index contributed by atoms with van der Waals surface area (Å²) in [5, 5.41) is 3.51. The van der Waals surface area contributed by atoms with Crippen molar-refractivity contribution in [2.24, 2.45) is 5.92 Å². The van der Waals surface area contributed by atoms with E-state index in [1.807, 2.05) is 13.0 Å². The van der Waals surface area contributed by atoms with Crippen LogP contribution < -0.4 is 5.32 Å². The topological polar surface area (TPSA) is 12.0 Å². The van der Waals surface area contributed by atoms with Gasteiger partial charge in [0.05, 0.1) is 0 Å². The average Bonchev–Trinajstić information content (AvgIpc) is 2.72. The van der Waals surface area contributed by atoms with Gasteiger partial charge in [-0.25, -0.2) is 4.39 Å². The summed E-state index contributed by atoms with van der Waals surface area (Å²) in [4.78, 5) is 0. The van der Waals surface area contributed by atoms with Gasteiger partial charge in [-0.15, -0.1) is 0 Å². The number of rotatable bonds is 3. The fraction of sp³-hybridized carbons (Fsp3) is 0.571. The van der Waals surface area contributed by atoms with E-state index in [1.165, 1.54) is 31.7 Å². The Balaban J connectivity index is 2.11. The summed E-state index contributed by atoms with van der Waals surface area (Å²) in [6.07, 6.45) is 5.04. The molecule has 2 rings (SSSR count). The van der Waals surface area contributed by atoms with E-state index in [9.17, 15) is 4.39 Å². The minimum atomic E-state index is -0.115. The summed E-state index contributed by atoms with van der Waals surface area (Å²) in [6.45, 7) is 4.08. The van der Waals surface area contributed by atoms with Crippen LogP contribution in [0.2, 0.25) is 0 Å². The van der Waals surface area contributed by atoms with Crippen molar-refractivity contribution in [3.05, 3.63) is 29.6 Å². The van der Waals surface area contributed by atoms with Crippen LogP contribution in [0.1, 0.15) is 38.2 Å². The highest BCUT2D eigenvalue weighted by Gasteiger charge is 2.25. The molecule has 0 aromatic heterocycles. The molecule has 0 spiro atoms. The number of halogens is 1. The molecular formula is C14H20FN. The summed E-state index contributed by atoms with van der Waals surface area (Å²) >= 11 is 0. The molecule has 2 heteroatoms. The first kappa shape index (κ1) is 11.4. The third-order valence-electron chi connectivity index (χ3n) is 3.79. The molecule has 1 fully saturated rings. The minimum Gasteiger partial charge on any atom is -0.382 e. The molecule has 2 unspecified atom stereocenters. The summed E-state index contributed by atoms with van der Waals surface area (Å²) in [5.74, 6) is 0.638. The number of anilines is 1. The van der Waals surface area contributed by atoms with E-state index in [4.69, 9.17) is 0 Å². The zero-order valence-corrected chi connectivity index (χ0v) is 10.1. The number of hydrogen-bond donors (Lipinski definition) is 1. The molecule has 1 saturated carbocycles. The van der Waals surface area contributed by atoms with Gasteiger partial charge in [-0.1, -0.05) is 25.8 Å². The summed E-state index contributed by atoms with van der Waals surface area (Å²) in [6, 6.07) is 5.81. The molecule has 1 aromatic rings. The first-order valence-electron chi connectivity index (χ1n) is 6.24. The summed E-state index contributed by atoms with van der Waals surface area (Å²) in [7, 11) is 0. The fourth-order valence-electron chi connectivity index (χ4n) is 2.68. The Morgan fingerprint density at radius 3 is 2.94 bits per heavy atom. The van der Waals surface area contributed by atoms with Crippen LogP contribution in [0.15, 0.2) is 18.2 Å². The maximum atomic E-state index is 13.4. The van der Waals surface area contributed by atoms with Crippen molar-refractivity contribution < 1.29 is 4.39 Å². The molecule has 0 radical (unpaired) electrons. The van der Waals surface area contributed by atoms with Crippen LogP contribution in [0.4, 0.5) is 10.1 Å². The van der Waals surface area contributed by atoms with Gasteiger partial charge in [0.2, 0.25) is 0 Å². The molecule has 1 aliphatic rings. The SMILES string of the molecule is CCC1CCCC1Nc1cccc(F)c1C. The fourth-order valence-corrected chi connectivity index (χ4v) is 2.68. The Morgan fingerprint density at radius 2 is 2.19 bits per heavy atom. The van der Waals surface area contributed by atoms with Crippen LogP contribution in [-0.4, -0.2) is 6.04 Å². The Bertz CT molecular complexity index is 362. The molecular weight excluding hydrogens is 201 g/mol. The van der Waals surface area contributed by atoms with E-state index in [0.29, 0.717) is 6.04 Å². The van der Waals surface area contributed by atoms with Crippen molar-refractivity contribution in [2.75, 3.05) is 5.32 Å². The van der Waals surface area contributed by atoms with Crippen molar-refractivity contribution in [3.8, 4) is 0 Å². The molecule has 0 bridgehead atoms. The highest BCUT2D eigenvalue weighted by atomic mass is 19.1. The van der Waals surface area contributed by atoms with Gasteiger partial charge in [0.15, 0.2) is 0 Å². The second-order valence-electron chi connectivity index (χ2n) is 4.76. The molecule has 1 nitrogen and oxygen atoms in total. The molecule has 0 amide bonds. The van der Waals surface area contributed by atoms with Crippen molar-refractivity contribution >= 4 is 5.69 Å². The van der Waals surface area contributed by atoms with Gasteiger partial charge >= 0.3 is 0 Å². The first-order valence-corrected chi connectivity index (χ1v) is 6.24. The monoisotopic (exact) mass is 221 g/mol. The largest absolute Gasteiger partial charge is 0.382 e. The standard InChI is InChI=1S/C14H20FN/c1-3-11-6-4-9-14(11)16-13-8-5-7-12(15)10(13)2/h5,7-8,11,14,16H,3-4,6,9H2,1-2H3. The molecule has 1 aliphatic carbocycles. The van der Waals surface area contributed by atoms with Crippen LogP contribution in [0.25, 0.3) is 0 Å². The normalized spacial score (nSPS) is 24.7. The smallest absolute Gasteiger partial charge is 0.128 e. The van der Waals surface area contributed by atoms with Crippen LogP contribution >= 0.6 is 0 Å². The maximum Gasteiger partial charge on any atom is 0.128 e. The van der Waals surface area contributed by atoms with Gasteiger partial charge in [-0.05, 0) is 37.8 Å². The highest BCUT2D eigenvalue weighted by molar-refractivity contribution is 5.51. The summed E-state index contributed by atoms with van der Waals surface area (Å²) in [5.41, 5.74) is 1.70. The highest BCUT2D eigenvalue weighted by Crippen LogP contribution is 2.31. The molecule has 0 heterocycles. The van der Waals surface area contributed by atoms with Gasteiger partial charge in [0.1, 0.15) is 5.82 Å². The van der Waals surface area contributed by atoms with Gasteiger partial charge in [0, 0.05) is 17.3 Å². The quantitative estimate of drug-likeness (QED) is 0.809. The van der Waals surface area contributed by atoms with Crippen molar-refractivity contribution in [1.29, 1.82) is 0 Å². The lowest BCUT2D eigenvalue weighted by molar-refractivity contribution is 0.488. The molecule has 1 aromatic carbocycles. The van der Waals surface area contributed by atoms with E-state index in [2.05, 4.69) is 12.2 Å². The van der Waals surface area contributed by atoms with Crippen LogP contribution in [0.5, 0.6) is 0 Å². The molecule has 2 atom stereocenters. The van der Waals surface area contributed by atoms with E-state index < -0.39 is 0 Å². The minimum absolute atomic E-state index is 0.115. The van der Waals surface area contributed by atoms with Crippen LogP contribution in [0.3, 0.4) is 0 Å². The van der Waals surface area contributed by atoms with Gasteiger partial charge in [0.25, 0.3) is 0 Å². The van der Waals surface area contributed by atoms with E-state index in [1.54, 1.807) is 6.07 Å². The summed E-state index contributed by atoms with van der Waals surface area (Å²) < 4.78 is 13.4. The lowest BCUT2D eigenvalue weighted by atomic mass is 10.00. The number of benzene rings is 1. The Kier molecular flexibility index (Phi) is 3.47. The van der Waals surface area contributed by atoms with E-state index in [-0.39, 0.29) is 5.82 Å². The van der Waals surface area contributed by atoms with Gasteiger partial charge < -0.3 is 5.32 Å². The predicted molar refractivity (Wildman–Crippen MR) is 66.2 cm³/mol. The van der Waals surface area contributed by atoms with E-state index in [0.717, 1.165) is 17.2 Å². The number of hydrogen-bond acceptors (Lipinski definition) is 1. The zero-order chi connectivity index (χ0) is 11.5. The lowest BCUT2D eigenvalue weighted by Crippen LogP contribution is -2.23. The first-order chi connectivity index (χ1) is 7.72. The van der Waals surface area contributed by atoms with Gasteiger partial charge in [-0.2, -0.15) is 0 Å². The second kappa shape index (κ2) is 4.86. The van der Waals surface area contributed by atoms with E-state index >= 15 is 0 Å². The van der Waals surface area contributed by atoms with Crippen molar-refractivity contribution in [2.45, 2.75) is 45.6 Å². The third-order valence-corrected chi connectivity index (χ3v) is 3.79. The lowest BCUT2D eigenvalue weighted by Gasteiger charge is -2.22. The second-order valence-corrected chi connectivity index (χ2v) is 4.76. The Labute approximate surface area is 97.1 Å². The van der Waals surface area contributed by atoms with Crippen molar-refractivity contribution in [1.82, 2.24) is 0 Å². The Hall–Kier alpha value is -1.05.